The van der Waals surface area contributed by atoms with Gasteiger partial charge in [0, 0.05) is 17.9 Å². The highest BCUT2D eigenvalue weighted by atomic mass is 79.9. The van der Waals surface area contributed by atoms with E-state index in [9.17, 15) is 0 Å². The van der Waals surface area contributed by atoms with Gasteiger partial charge >= 0.3 is 0 Å². The molecule has 1 nitrogen and oxygen atoms in total. The largest absolute Gasteiger partial charge is 0.303 e. The van der Waals surface area contributed by atoms with Crippen molar-refractivity contribution in [2.75, 3.05) is 18.9 Å². The van der Waals surface area contributed by atoms with E-state index >= 15 is 0 Å². The lowest BCUT2D eigenvalue weighted by Crippen LogP contribution is -2.43. The molecule has 0 aromatic carbocycles. The molecule has 0 unspecified atom stereocenters. The molecule has 0 aliphatic heterocycles. The van der Waals surface area contributed by atoms with Crippen LogP contribution in [0.25, 0.3) is 0 Å². The van der Waals surface area contributed by atoms with E-state index in [4.69, 9.17) is 0 Å². The lowest BCUT2D eigenvalue weighted by Gasteiger charge is -2.41. The van der Waals surface area contributed by atoms with Gasteiger partial charge < -0.3 is 4.90 Å². The van der Waals surface area contributed by atoms with Crippen molar-refractivity contribution < 1.29 is 0 Å². The normalized spacial score (nSPS) is 26.2. The van der Waals surface area contributed by atoms with E-state index in [1.54, 1.807) is 0 Å². The molecular formula is C16H30BrN. The average Bonchev–Trinajstić information content (AvgIpc) is 2.68. The summed E-state index contributed by atoms with van der Waals surface area (Å²) in [5.41, 5.74) is 0.583. The first-order valence-electron chi connectivity index (χ1n) is 8.02. The van der Waals surface area contributed by atoms with Crippen LogP contribution in [0, 0.1) is 5.41 Å². The van der Waals surface area contributed by atoms with Gasteiger partial charge in [0.25, 0.3) is 0 Å². The van der Waals surface area contributed by atoms with Crippen LogP contribution in [0.5, 0.6) is 0 Å². The maximum Gasteiger partial charge on any atom is 0.0100 e. The quantitative estimate of drug-likeness (QED) is 0.522. The van der Waals surface area contributed by atoms with Gasteiger partial charge in [-0.2, -0.15) is 0 Å². The topological polar surface area (TPSA) is 3.24 Å². The van der Waals surface area contributed by atoms with E-state index < -0.39 is 0 Å². The molecule has 2 heteroatoms. The van der Waals surface area contributed by atoms with Crippen molar-refractivity contribution in [3.05, 3.63) is 0 Å². The number of nitrogens with zero attached hydrogens (tertiary/aromatic N) is 1. The van der Waals surface area contributed by atoms with Gasteiger partial charge in [0.05, 0.1) is 0 Å². The van der Waals surface area contributed by atoms with Crippen LogP contribution in [0.2, 0.25) is 0 Å². The molecule has 0 N–H and O–H groups in total. The van der Waals surface area contributed by atoms with Gasteiger partial charge in [-0.05, 0) is 38.1 Å². The van der Waals surface area contributed by atoms with Crippen LogP contribution in [-0.2, 0) is 0 Å². The summed E-state index contributed by atoms with van der Waals surface area (Å²) in [5.74, 6) is 0. The van der Waals surface area contributed by atoms with Crippen molar-refractivity contribution in [2.45, 2.75) is 76.7 Å². The second-order valence-corrected chi connectivity index (χ2v) is 7.32. The second-order valence-electron chi connectivity index (χ2n) is 6.75. The minimum absolute atomic E-state index is 0.583. The van der Waals surface area contributed by atoms with Crippen LogP contribution in [0.4, 0.5) is 0 Å². The fraction of sp³-hybridized carbons (Fsp3) is 1.00. The highest BCUT2D eigenvalue weighted by Crippen LogP contribution is 2.39. The highest BCUT2D eigenvalue weighted by Gasteiger charge is 2.33. The van der Waals surface area contributed by atoms with Crippen molar-refractivity contribution in [3.63, 3.8) is 0 Å². The monoisotopic (exact) mass is 315 g/mol. The predicted molar refractivity (Wildman–Crippen MR) is 83.4 cm³/mol. The van der Waals surface area contributed by atoms with Crippen LogP contribution in [0.15, 0.2) is 0 Å². The van der Waals surface area contributed by atoms with E-state index in [1.165, 1.54) is 82.5 Å². The fourth-order valence-corrected chi connectivity index (χ4v) is 4.73. The van der Waals surface area contributed by atoms with Gasteiger partial charge in [-0.3, -0.25) is 0 Å². The minimum atomic E-state index is 0.583. The summed E-state index contributed by atoms with van der Waals surface area (Å²) in [6.07, 6.45) is 16.0. The van der Waals surface area contributed by atoms with Crippen LogP contribution < -0.4 is 0 Å². The predicted octanol–water partition coefficient (Wildman–Crippen LogP) is 4.99. The van der Waals surface area contributed by atoms with Crippen molar-refractivity contribution >= 4 is 15.9 Å². The molecule has 0 atom stereocenters. The first kappa shape index (κ1) is 14.8. The van der Waals surface area contributed by atoms with Gasteiger partial charge in [-0.15, -0.1) is 0 Å². The summed E-state index contributed by atoms with van der Waals surface area (Å²) in [4.78, 5) is 2.71. The Labute approximate surface area is 122 Å². The van der Waals surface area contributed by atoms with Crippen LogP contribution >= 0.6 is 15.9 Å². The van der Waals surface area contributed by atoms with Crippen LogP contribution in [-0.4, -0.2) is 29.9 Å². The van der Waals surface area contributed by atoms with E-state index in [1.807, 2.05) is 0 Å². The maximum atomic E-state index is 3.81. The van der Waals surface area contributed by atoms with Crippen molar-refractivity contribution in [1.82, 2.24) is 4.90 Å². The Morgan fingerprint density at radius 2 is 1.50 bits per heavy atom. The second kappa shape index (κ2) is 7.28. The summed E-state index contributed by atoms with van der Waals surface area (Å²) in [7, 11) is 2.38. The molecule has 0 aromatic rings. The number of hydrogen-bond donors (Lipinski definition) is 0. The zero-order valence-corrected chi connectivity index (χ0v) is 13.7. The molecule has 18 heavy (non-hydrogen) atoms. The number of hydrogen-bond acceptors (Lipinski definition) is 1. The first-order valence-corrected chi connectivity index (χ1v) is 9.14. The number of halogens is 1. The molecule has 0 aromatic heterocycles. The SMILES string of the molecule is CN(CC1(CBr)CCCCC1)C1CCCCCC1. The molecular weight excluding hydrogens is 286 g/mol. The lowest BCUT2D eigenvalue weighted by molar-refractivity contribution is 0.108. The first-order chi connectivity index (χ1) is 8.76. The Kier molecular flexibility index (Phi) is 6.00. The van der Waals surface area contributed by atoms with Crippen molar-refractivity contribution in [3.8, 4) is 0 Å². The number of alkyl halides is 1. The molecule has 0 heterocycles. The van der Waals surface area contributed by atoms with E-state index in [2.05, 4.69) is 27.9 Å². The Bertz CT molecular complexity index is 227. The minimum Gasteiger partial charge on any atom is -0.303 e. The molecule has 0 radical (unpaired) electrons. The summed E-state index contributed by atoms with van der Waals surface area (Å²) in [5, 5.41) is 1.21. The van der Waals surface area contributed by atoms with E-state index in [0.717, 1.165) is 6.04 Å². The molecule has 2 saturated carbocycles. The Balaban J connectivity index is 1.89. The smallest absolute Gasteiger partial charge is 0.0100 e. The zero-order chi connectivity index (χ0) is 12.8. The summed E-state index contributed by atoms with van der Waals surface area (Å²) in [6, 6.07) is 0.866. The molecule has 0 spiro atoms. The standard InChI is InChI=1S/C16H30BrN/c1-18(15-9-5-2-3-6-10-15)14-16(13-17)11-7-4-8-12-16/h15H,2-14H2,1H3. The van der Waals surface area contributed by atoms with Crippen molar-refractivity contribution in [2.24, 2.45) is 5.41 Å². The molecule has 106 valence electrons. The maximum absolute atomic E-state index is 3.81. The van der Waals surface area contributed by atoms with E-state index in [-0.39, 0.29) is 0 Å². The van der Waals surface area contributed by atoms with Gasteiger partial charge in [0.2, 0.25) is 0 Å². The third kappa shape index (κ3) is 3.96. The third-order valence-corrected chi connectivity index (χ3v) is 6.42. The van der Waals surface area contributed by atoms with Gasteiger partial charge in [-0.25, -0.2) is 0 Å². The average molecular weight is 316 g/mol. The molecule has 0 saturated heterocycles. The zero-order valence-electron chi connectivity index (χ0n) is 12.1. The Morgan fingerprint density at radius 3 is 2.06 bits per heavy atom. The fourth-order valence-electron chi connectivity index (χ4n) is 3.99. The molecule has 0 amide bonds. The van der Waals surface area contributed by atoms with Gasteiger partial charge in [0.1, 0.15) is 0 Å². The van der Waals surface area contributed by atoms with Crippen molar-refractivity contribution in [1.29, 1.82) is 0 Å². The van der Waals surface area contributed by atoms with Gasteiger partial charge in [-0.1, -0.05) is 60.9 Å². The summed E-state index contributed by atoms with van der Waals surface area (Å²) in [6.45, 7) is 1.32. The molecule has 2 aliphatic rings. The molecule has 2 fully saturated rings. The van der Waals surface area contributed by atoms with Crippen LogP contribution in [0.1, 0.15) is 70.6 Å². The Morgan fingerprint density at radius 1 is 0.944 bits per heavy atom. The van der Waals surface area contributed by atoms with Crippen LogP contribution in [0.3, 0.4) is 0 Å². The molecule has 0 bridgehead atoms. The molecule has 2 rings (SSSR count). The third-order valence-electron chi connectivity index (χ3n) is 5.23. The number of rotatable bonds is 4. The molecule has 2 aliphatic carbocycles. The van der Waals surface area contributed by atoms with E-state index in [0.29, 0.717) is 5.41 Å². The summed E-state index contributed by atoms with van der Waals surface area (Å²) >= 11 is 3.81. The van der Waals surface area contributed by atoms with Gasteiger partial charge in [0.15, 0.2) is 0 Å². The lowest BCUT2D eigenvalue weighted by atomic mass is 9.75. The highest BCUT2D eigenvalue weighted by molar-refractivity contribution is 9.09. The summed E-state index contributed by atoms with van der Waals surface area (Å²) < 4.78 is 0. The Hall–Kier alpha value is 0.440.